The van der Waals surface area contributed by atoms with Crippen LogP contribution in [0.2, 0.25) is 0 Å². The summed E-state index contributed by atoms with van der Waals surface area (Å²) in [5.41, 5.74) is -0.917. The molecule has 0 aromatic rings. The Morgan fingerprint density at radius 3 is 2.20 bits per heavy atom. The van der Waals surface area contributed by atoms with E-state index in [-0.39, 0.29) is 23.4 Å². The maximum absolute atomic E-state index is 13.1. The first kappa shape index (κ1) is 15.3. The van der Waals surface area contributed by atoms with Gasteiger partial charge >= 0.3 is 0 Å². The van der Waals surface area contributed by atoms with Crippen LogP contribution in [0.15, 0.2) is 0 Å². The molecule has 1 aliphatic heterocycles. The fourth-order valence-electron chi connectivity index (χ4n) is 3.42. The van der Waals surface area contributed by atoms with Crippen LogP contribution in [-0.2, 0) is 9.59 Å². The smallest absolute Gasteiger partial charge is 0.249 e. The van der Waals surface area contributed by atoms with E-state index in [2.05, 4.69) is 26.1 Å². The molecule has 1 aliphatic carbocycles. The average molecular weight is 280 g/mol. The monoisotopic (exact) mass is 280 g/mol. The number of carbonyl (C=O) groups excluding carboxylic acids is 2. The predicted molar refractivity (Wildman–Crippen MR) is 79.2 cm³/mol. The Hall–Kier alpha value is -1.06. The summed E-state index contributed by atoms with van der Waals surface area (Å²) in [6.07, 6.45) is 4.51. The summed E-state index contributed by atoms with van der Waals surface area (Å²) in [5, 5.41) is 3.03. The molecule has 0 bridgehead atoms. The standard InChI is InChI=1S/C16H28N2O2/c1-6-12-13(19)17-16(5,11-9-10-11)14(20)18(12)15(4,7-2)8-3/h11-12H,6-10H2,1-5H3,(H,17,19). The quantitative estimate of drug-likeness (QED) is 0.841. The van der Waals surface area contributed by atoms with Crippen LogP contribution < -0.4 is 5.32 Å². The number of piperazine rings is 1. The number of amides is 2. The molecule has 2 fully saturated rings. The predicted octanol–water partition coefficient (Wildman–Crippen LogP) is 2.47. The topological polar surface area (TPSA) is 49.4 Å². The van der Waals surface area contributed by atoms with E-state index < -0.39 is 5.54 Å². The summed E-state index contributed by atoms with van der Waals surface area (Å²) >= 11 is 0. The zero-order valence-corrected chi connectivity index (χ0v) is 13.5. The Morgan fingerprint density at radius 1 is 1.25 bits per heavy atom. The van der Waals surface area contributed by atoms with E-state index in [1.807, 2.05) is 18.7 Å². The molecule has 0 radical (unpaired) electrons. The Labute approximate surface area is 122 Å². The van der Waals surface area contributed by atoms with Crippen LogP contribution in [0, 0.1) is 5.92 Å². The van der Waals surface area contributed by atoms with Crippen molar-refractivity contribution in [3.05, 3.63) is 0 Å². The van der Waals surface area contributed by atoms with Gasteiger partial charge in [-0.25, -0.2) is 0 Å². The highest BCUT2D eigenvalue weighted by molar-refractivity contribution is 6.00. The van der Waals surface area contributed by atoms with Crippen molar-refractivity contribution < 1.29 is 9.59 Å². The molecule has 1 saturated heterocycles. The number of hydrogen-bond acceptors (Lipinski definition) is 2. The molecule has 0 spiro atoms. The summed E-state index contributed by atoms with van der Waals surface area (Å²) in [7, 11) is 0. The van der Waals surface area contributed by atoms with Crippen molar-refractivity contribution in [2.45, 2.75) is 83.8 Å². The van der Waals surface area contributed by atoms with Crippen LogP contribution in [0.25, 0.3) is 0 Å². The van der Waals surface area contributed by atoms with Crippen LogP contribution in [0.1, 0.15) is 66.7 Å². The normalized spacial score (nSPS) is 31.4. The van der Waals surface area contributed by atoms with Gasteiger partial charge in [0.15, 0.2) is 0 Å². The van der Waals surface area contributed by atoms with Crippen molar-refractivity contribution >= 4 is 11.8 Å². The molecule has 2 aliphatic rings. The van der Waals surface area contributed by atoms with E-state index >= 15 is 0 Å². The van der Waals surface area contributed by atoms with Crippen molar-refractivity contribution in [3.8, 4) is 0 Å². The van der Waals surface area contributed by atoms with Gasteiger partial charge < -0.3 is 10.2 Å². The first-order chi connectivity index (χ1) is 9.34. The largest absolute Gasteiger partial charge is 0.340 e. The average Bonchev–Trinajstić information content (AvgIpc) is 3.26. The van der Waals surface area contributed by atoms with Crippen molar-refractivity contribution in [3.63, 3.8) is 0 Å². The van der Waals surface area contributed by atoms with Gasteiger partial charge in [0, 0.05) is 5.54 Å². The van der Waals surface area contributed by atoms with Crippen LogP contribution in [0.3, 0.4) is 0 Å². The third-order valence-corrected chi connectivity index (χ3v) is 5.55. The van der Waals surface area contributed by atoms with Gasteiger partial charge in [0.2, 0.25) is 11.8 Å². The lowest BCUT2D eigenvalue weighted by atomic mass is 9.82. The van der Waals surface area contributed by atoms with E-state index in [4.69, 9.17) is 0 Å². The Balaban J connectivity index is 2.42. The molecule has 1 N–H and O–H groups in total. The molecule has 2 unspecified atom stereocenters. The van der Waals surface area contributed by atoms with Crippen LogP contribution in [-0.4, -0.2) is 33.8 Å². The lowest BCUT2D eigenvalue weighted by Crippen LogP contribution is -2.74. The van der Waals surface area contributed by atoms with Crippen molar-refractivity contribution in [2.75, 3.05) is 0 Å². The number of nitrogens with one attached hydrogen (secondary N) is 1. The summed E-state index contributed by atoms with van der Waals surface area (Å²) in [6.45, 7) is 10.2. The van der Waals surface area contributed by atoms with Gasteiger partial charge in [-0.3, -0.25) is 9.59 Å². The van der Waals surface area contributed by atoms with E-state index in [0.717, 1.165) is 25.7 Å². The maximum atomic E-state index is 13.1. The number of nitrogens with zero attached hydrogens (tertiary/aromatic N) is 1. The second-order valence-corrected chi connectivity index (χ2v) is 6.77. The highest BCUT2D eigenvalue weighted by atomic mass is 16.2. The van der Waals surface area contributed by atoms with Crippen molar-refractivity contribution in [1.29, 1.82) is 0 Å². The number of hydrogen-bond donors (Lipinski definition) is 1. The molecule has 4 heteroatoms. The van der Waals surface area contributed by atoms with Crippen molar-refractivity contribution in [1.82, 2.24) is 10.2 Å². The van der Waals surface area contributed by atoms with Gasteiger partial charge in [-0.1, -0.05) is 20.8 Å². The van der Waals surface area contributed by atoms with Crippen LogP contribution >= 0.6 is 0 Å². The second kappa shape index (κ2) is 5.05. The molecule has 4 nitrogen and oxygen atoms in total. The zero-order valence-electron chi connectivity index (χ0n) is 13.5. The molecule has 2 rings (SSSR count). The molecule has 1 saturated carbocycles. The second-order valence-electron chi connectivity index (χ2n) is 6.77. The molecule has 2 atom stereocenters. The SMILES string of the molecule is CCC1C(=O)NC(C)(C2CC2)C(=O)N1C(C)(CC)CC. The van der Waals surface area contributed by atoms with Gasteiger partial charge in [0.1, 0.15) is 11.6 Å². The minimum atomic E-state index is -0.686. The van der Waals surface area contributed by atoms with Gasteiger partial charge in [-0.2, -0.15) is 0 Å². The first-order valence-corrected chi connectivity index (χ1v) is 7.99. The van der Waals surface area contributed by atoms with Gasteiger partial charge in [0.05, 0.1) is 0 Å². The van der Waals surface area contributed by atoms with Crippen LogP contribution in [0.4, 0.5) is 0 Å². The molecule has 2 amide bonds. The molecule has 20 heavy (non-hydrogen) atoms. The molecule has 0 aromatic carbocycles. The number of rotatable bonds is 5. The van der Waals surface area contributed by atoms with E-state index in [1.165, 1.54) is 0 Å². The summed E-state index contributed by atoms with van der Waals surface area (Å²) in [5.74, 6) is 0.462. The van der Waals surface area contributed by atoms with Gasteiger partial charge in [-0.15, -0.1) is 0 Å². The molecular weight excluding hydrogens is 252 g/mol. The minimum Gasteiger partial charge on any atom is -0.340 e. The van der Waals surface area contributed by atoms with Gasteiger partial charge in [-0.05, 0) is 51.9 Å². The van der Waals surface area contributed by atoms with Crippen LogP contribution in [0.5, 0.6) is 0 Å². The van der Waals surface area contributed by atoms with Crippen molar-refractivity contribution in [2.24, 2.45) is 5.92 Å². The highest BCUT2D eigenvalue weighted by Crippen LogP contribution is 2.44. The highest BCUT2D eigenvalue weighted by Gasteiger charge is 2.57. The van der Waals surface area contributed by atoms with E-state index in [1.54, 1.807) is 0 Å². The lowest BCUT2D eigenvalue weighted by Gasteiger charge is -2.52. The molecule has 1 heterocycles. The van der Waals surface area contributed by atoms with E-state index in [9.17, 15) is 9.59 Å². The Morgan fingerprint density at radius 2 is 1.80 bits per heavy atom. The molecular formula is C16H28N2O2. The fourth-order valence-corrected chi connectivity index (χ4v) is 3.42. The van der Waals surface area contributed by atoms with E-state index in [0.29, 0.717) is 12.3 Å². The zero-order chi connectivity index (χ0) is 15.1. The Bertz CT molecular complexity index is 413. The summed E-state index contributed by atoms with van der Waals surface area (Å²) in [4.78, 5) is 27.5. The molecule has 0 aromatic heterocycles. The third-order valence-electron chi connectivity index (χ3n) is 5.55. The number of carbonyl (C=O) groups is 2. The fraction of sp³-hybridized carbons (Fsp3) is 0.875. The summed E-state index contributed by atoms with van der Waals surface area (Å²) < 4.78 is 0. The maximum Gasteiger partial charge on any atom is 0.249 e. The third kappa shape index (κ3) is 2.13. The summed E-state index contributed by atoms with van der Waals surface area (Å²) in [6, 6.07) is -0.320. The minimum absolute atomic E-state index is 0.0228. The Kier molecular flexibility index (Phi) is 3.87. The molecule has 114 valence electrons. The van der Waals surface area contributed by atoms with Gasteiger partial charge in [0.25, 0.3) is 0 Å². The lowest BCUT2D eigenvalue weighted by molar-refractivity contribution is -0.163. The first-order valence-electron chi connectivity index (χ1n) is 7.99.